The summed E-state index contributed by atoms with van der Waals surface area (Å²) in [5.74, 6) is 2.43. The predicted molar refractivity (Wildman–Crippen MR) is 88.7 cm³/mol. The molecule has 0 aromatic carbocycles. The summed E-state index contributed by atoms with van der Waals surface area (Å²) < 4.78 is 0. The molecule has 3 rings (SSSR count). The topological polar surface area (TPSA) is 32.3 Å². The Balaban J connectivity index is 0.00000161. The number of hydrogen-bond donors (Lipinski definition) is 1. The molecule has 122 valence electrons. The first-order valence-corrected chi connectivity index (χ1v) is 8.62. The highest BCUT2D eigenvalue weighted by molar-refractivity contribution is 5.85. The lowest BCUT2D eigenvalue weighted by molar-refractivity contribution is -0.133. The van der Waals surface area contributed by atoms with Crippen LogP contribution in [0.1, 0.15) is 52.4 Å². The molecule has 0 bridgehead atoms. The highest BCUT2D eigenvalue weighted by Crippen LogP contribution is 2.59. The molecule has 2 saturated heterocycles. The highest BCUT2D eigenvalue weighted by Gasteiger charge is 2.58. The van der Waals surface area contributed by atoms with Gasteiger partial charge < -0.3 is 10.2 Å². The van der Waals surface area contributed by atoms with Crippen LogP contribution in [0.4, 0.5) is 0 Å². The van der Waals surface area contributed by atoms with Gasteiger partial charge in [0, 0.05) is 19.0 Å². The number of halogens is 1. The lowest BCUT2D eigenvalue weighted by atomic mass is 9.89. The summed E-state index contributed by atoms with van der Waals surface area (Å²) in [6.45, 7) is 8.89. The van der Waals surface area contributed by atoms with Gasteiger partial charge in [-0.25, -0.2) is 0 Å². The molecule has 3 fully saturated rings. The van der Waals surface area contributed by atoms with Gasteiger partial charge in [0.25, 0.3) is 0 Å². The monoisotopic (exact) mass is 314 g/mol. The summed E-state index contributed by atoms with van der Waals surface area (Å²) in [7, 11) is 0. The molecule has 2 aliphatic heterocycles. The van der Waals surface area contributed by atoms with Crippen LogP contribution in [-0.4, -0.2) is 37.0 Å². The third-order valence-corrected chi connectivity index (χ3v) is 6.11. The van der Waals surface area contributed by atoms with E-state index in [1.54, 1.807) is 0 Å². The molecule has 0 radical (unpaired) electrons. The van der Waals surface area contributed by atoms with Crippen LogP contribution in [0.15, 0.2) is 0 Å². The minimum absolute atomic E-state index is 0. The van der Waals surface area contributed by atoms with Crippen molar-refractivity contribution >= 4 is 18.3 Å². The summed E-state index contributed by atoms with van der Waals surface area (Å²) in [4.78, 5) is 15.0. The van der Waals surface area contributed by atoms with Crippen molar-refractivity contribution in [1.29, 1.82) is 0 Å². The fraction of sp³-hybridized carbons (Fsp3) is 0.941. The molecule has 2 unspecified atom stereocenters. The Morgan fingerprint density at radius 2 is 1.90 bits per heavy atom. The van der Waals surface area contributed by atoms with Gasteiger partial charge in [0.15, 0.2) is 0 Å². The summed E-state index contributed by atoms with van der Waals surface area (Å²) in [6, 6.07) is 0. The minimum atomic E-state index is 0. The lowest BCUT2D eigenvalue weighted by Crippen LogP contribution is -2.37. The van der Waals surface area contributed by atoms with E-state index in [4.69, 9.17) is 0 Å². The van der Waals surface area contributed by atoms with E-state index in [2.05, 4.69) is 24.1 Å². The normalized spacial score (nSPS) is 31.7. The molecule has 0 aromatic heterocycles. The molecular formula is C17H31ClN2O. The van der Waals surface area contributed by atoms with Crippen molar-refractivity contribution in [3.8, 4) is 0 Å². The number of carbonyl (C=O) groups is 1. The van der Waals surface area contributed by atoms with Gasteiger partial charge in [-0.15, -0.1) is 12.4 Å². The van der Waals surface area contributed by atoms with Crippen molar-refractivity contribution in [3.63, 3.8) is 0 Å². The largest absolute Gasteiger partial charge is 0.342 e. The van der Waals surface area contributed by atoms with E-state index in [9.17, 15) is 4.79 Å². The zero-order chi connectivity index (χ0) is 14.2. The first-order chi connectivity index (χ1) is 9.62. The van der Waals surface area contributed by atoms with Crippen molar-refractivity contribution in [1.82, 2.24) is 10.2 Å². The number of rotatable bonds is 2. The third kappa shape index (κ3) is 3.56. The predicted octanol–water partition coefficient (Wildman–Crippen LogP) is 3.08. The van der Waals surface area contributed by atoms with Gasteiger partial charge in [0.1, 0.15) is 0 Å². The van der Waals surface area contributed by atoms with Crippen LogP contribution in [-0.2, 0) is 4.79 Å². The third-order valence-electron chi connectivity index (χ3n) is 6.11. The minimum Gasteiger partial charge on any atom is -0.342 e. The maximum atomic E-state index is 12.8. The summed E-state index contributed by atoms with van der Waals surface area (Å²) in [6.07, 6.45) is 7.32. The number of likely N-dealkylation sites (tertiary alicyclic amines) is 1. The number of nitrogens with one attached hydrogen (secondary N) is 1. The molecule has 21 heavy (non-hydrogen) atoms. The van der Waals surface area contributed by atoms with E-state index in [1.807, 2.05) is 0 Å². The SMILES string of the molecule is CC(C)C1CCCN(C(=O)C2CC23CCNCC3)CC1.Cl. The van der Waals surface area contributed by atoms with E-state index in [1.165, 1.54) is 32.1 Å². The van der Waals surface area contributed by atoms with Crippen LogP contribution < -0.4 is 5.32 Å². The van der Waals surface area contributed by atoms with Gasteiger partial charge in [0.05, 0.1) is 0 Å². The van der Waals surface area contributed by atoms with Gasteiger partial charge in [0.2, 0.25) is 5.91 Å². The molecular weight excluding hydrogens is 284 g/mol. The molecule has 1 aliphatic carbocycles. The van der Waals surface area contributed by atoms with E-state index >= 15 is 0 Å². The molecule has 0 aromatic rings. The second-order valence-corrected chi connectivity index (χ2v) is 7.63. The Morgan fingerprint density at radius 1 is 1.19 bits per heavy atom. The van der Waals surface area contributed by atoms with Crippen LogP contribution in [0.5, 0.6) is 0 Å². The summed E-state index contributed by atoms with van der Waals surface area (Å²) >= 11 is 0. The Labute approximate surface area is 135 Å². The number of amides is 1. The molecule has 2 atom stereocenters. The van der Waals surface area contributed by atoms with Gasteiger partial charge in [-0.05, 0) is 68.9 Å². The molecule has 3 aliphatic rings. The second kappa shape index (κ2) is 6.87. The second-order valence-electron chi connectivity index (χ2n) is 7.63. The molecule has 1 spiro atoms. The Hall–Kier alpha value is -0.280. The van der Waals surface area contributed by atoms with Crippen molar-refractivity contribution in [2.75, 3.05) is 26.2 Å². The first-order valence-electron chi connectivity index (χ1n) is 8.62. The van der Waals surface area contributed by atoms with Crippen LogP contribution in [0.2, 0.25) is 0 Å². The van der Waals surface area contributed by atoms with E-state index in [-0.39, 0.29) is 12.4 Å². The quantitative estimate of drug-likeness (QED) is 0.849. The van der Waals surface area contributed by atoms with E-state index < -0.39 is 0 Å². The fourth-order valence-corrected chi connectivity index (χ4v) is 4.40. The van der Waals surface area contributed by atoms with Gasteiger partial charge in [-0.1, -0.05) is 13.8 Å². The Morgan fingerprint density at radius 3 is 2.57 bits per heavy atom. The van der Waals surface area contributed by atoms with Crippen LogP contribution in [0, 0.1) is 23.2 Å². The smallest absolute Gasteiger partial charge is 0.226 e. The summed E-state index contributed by atoms with van der Waals surface area (Å²) in [5.41, 5.74) is 0.395. The first kappa shape index (κ1) is 17.1. The van der Waals surface area contributed by atoms with Gasteiger partial charge >= 0.3 is 0 Å². The van der Waals surface area contributed by atoms with Crippen molar-refractivity contribution in [2.24, 2.45) is 23.2 Å². The Bertz CT molecular complexity index is 366. The van der Waals surface area contributed by atoms with Gasteiger partial charge in [-0.3, -0.25) is 4.79 Å². The average Bonchev–Trinajstić information content (AvgIpc) is 3.18. The van der Waals surface area contributed by atoms with Crippen LogP contribution >= 0.6 is 12.4 Å². The maximum Gasteiger partial charge on any atom is 0.226 e. The number of carbonyl (C=O) groups excluding carboxylic acids is 1. The van der Waals surface area contributed by atoms with Crippen molar-refractivity contribution < 1.29 is 4.79 Å². The fourth-order valence-electron chi connectivity index (χ4n) is 4.40. The highest BCUT2D eigenvalue weighted by atomic mass is 35.5. The maximum absolute atomic E-state index is 12.8. The number of nitrogens with zero attached hydrogens (tertiary/aromatic N) is 1. The van der Waals surface area contributed by atoms with Crippen LogP contribution in [0.25, 0.3) is 0 Å². The van der Waals surface area contributed by atoms with E-state index in [0.717, 1.165) is 44.4 Å². The standard InChI is InChI=1S/C17H30N2O.ClH/c1-13(2)14-4-3-10-19(11-5-14)16(20)15-12-17(15)6-8-18-9-7-17;/h13-15,18H,3-12H2,1-2H3;1H. The summed E-state index contributed by atoms with van der Waals surface area (Å²) in [5, 5.41) is 3.42. The van der Waals surface area contributed by atoms with Crippen LogP contribution in [0.3, 0.4) is 0 Å². The molecule has 1 amide bonds. The Kier molecular flexibility index (Phi) is 5.59. The zero-order valence-electron chi connectivity index (χ0n) is 13.6. The van der Waals surface area contributed by atoms with Crippen molar-refractivity contribution in [2.45, 2.75) is 52.4 Å². The number of hydrogen-bond acceptors (Lipinski definition) is 2. The molecule has 2 heterocycles. The zero-order valence-corrected chi connectivity index (χ0v) is 14.4. The number of piperidine rings is 1. The molecule has 3 nitrogen and oxygen atoms in total. The van der Waals surface area contributed by atoms with Crippen molar-refractivity contribution in [3.05, 3.63) is 0 Å². The van der Waals surface area contributed by atoms with Gasteiger partial charge in [-0.2, -0.15) is 0 Å². The lowest BCUT2D eigenvalue weighted by Gasteiger charge is -2.26. The molecule has 1 saturated carbocycles. The molecule has 4 heteroatoms. The molecule has 1 N–H and O–H groups in total. The average molecular weight is 315 g/mol. The van der Waals surface area contributed by atoms with E-state index in [0.29, 0.717) is 17.2 Å².